The van der Waals surface area contributed by atoms with Crippen LogP contribution in [-0.4, -0.2) is 25.7 Å². The van der Waals surface area contributed by atoms with E-state index < -0.39 is 0 Å². The maximum atomic E-state index is 12.5. The zero-order valence-corrected chi connectivity index (χ0v) is 13.0. The van der Waals surface area contributed by atoms with Crippen molar-refractivity contribution < 1.29 is 4.79 Å². The van der Waals surface area contributed by atoms with Crippen molar-refractivity contribution >= 4 is 29.3 Å². The molecule has 2 aromatic rings. The number of carbonyl (C=O) groups excluding carboxylic acids is 1. The summed E-state index contributed by atoms with van der Waals surface area (Å²) >= 11 is 5.28. The van der Waals surface area contributed by atoms with Gasteiger partial charge < -0.3 is 5.32 Å². The Morgan fingerprint density at radius 3 is 2.77 bits per heavy atom. The number of carbonyl (C=O) groups is 1. The van der Waals surface area contributed by atoms with Crippen molar-refractivity contribution in [2.75, 3.05) is 0 Å². The largest absolute Gasteiger partial charge is 0.328 e. The van der Waals surface area contributed by atoms with Crippen molar-refractivity contribution in [2.24, 2.45) is 0 Å². The van der Waals surface area contributed by atoms with E-state index in [9.17, 15) is 4.79 Å². The highest BCUT2D eigenvalue weighted by Gasteiger charge is 2.30. The Kier molecular flexibility index (Phi) is 4.02. The van der Waals surface area contributed by atoms with Crippen molar-refractivity contribution in [3.8, 4) is 0 Å². The van der Waals surface area contributed by atoms with Crippen molar-refractivity contribution in [1.82, 2.24) is 20.0 Å². The molecule has 1 aromatic carbocycles. The molecule has 1 N–H and O–H groups in total. The van der Waals surface area contributed by atoms with Crippen LogP contribution >= 0.6 is 12.2 Å². The summed E-state index contributed by atoms with van der Waals surface area (Å²) < 4.78 is 1.82. The van der Waals surface area contributed by atoms with E-state index in [1.165, 1.54) is 0 Å². The molecule has 112 valence electrons. The van der Waals surface area contributed by atoms with Crippen molar-refractivity contribution in [2.45, 2.75) is 20.0 Å². The van der Waals surface area contributed by atoms with Crippen molar-refractivity contribution in [1.29, 1.82) is 0 Å². The fourth-order valence-electron chi connectivity index (χ4n) is 2.36. The third-order valence-electron chi connectivity index (χ3n) is 3.49. The first kappa shape index (κ1) is 14.5. The molecule has 1 fully saturated rings. The summed E-state index contributed by atoms with van der Waals surface area (Å²) in [5.74, 6) is -0.113. The fraction of sp³-hybridized carbons (Fsp3) is 0.188. The number of aromatic nitrogens is 2. The van der Waals surface area contributed by atoms with Crippen LogP contribution in [0.2, 0.25) is 0 Å². The molecule has 1 saturated heterocycles. The molecule has 2 heterocycles. The van der Waals surface area contributed by atoms with E-state index in [4.69, 9.17) is 12.2 Å². The highest BCUT2D eigenvalue weighted by molar-refractivity contribution is 7.80. The number of nitrogens with one attached hydrogen (secondary N) is 1. The molecule has 6 heteroatoms. The van der Waals surface area contributed by atoms with Gasteiger partial charge in [0.2, 0.25) is 0 Å². The Bertz CT molecular complexity index is 736. The molecule has 0 aliphatic carbocycles. The van der Waals surface area contributed by atoms with Gasteiger partial charge in [0.05, 0.1) is 12.2 Å². The van der Waals surface area contributed by atoms with E-state index in [1.54, 1.807) is 17.2 Å². The number of hydrogen-bond acceptors (Lipinski definition) is 3. The minimum absolute atomic E-state index is 0.113. The normalized spacial score (nSPS) is 16.4. The van der Waals surface area contributed by atoms with Crippen LogP contribution in [0.15, 0.2) is 48.3 Å². The molecule has 0 atom stereocenters. The number of aryl methyl sites for hydroxylation is 1. The monoisotopic (exact) mass is 312 g/mol. The van der Waals surface area contributed by atoms with Gasteiger partial charge >= 0.3 is 0 Å². The van der Waals surface area contributed by atoms with E-state index >= 15 is 0 Å². The van der Waals surface area contributed by atoms with Crippen LogP contribution < -0.4 is 5.32 Å². The van der Waals surface area contributed by atoms with Crippen molar-refractivity contribution in [3.05, 3.63) is 59.5 Å². The lowest BCUT2D eigenvalue weighted by Crippen LogP contribution is -2.29. The van der Waals surface area contributed by atoms with E-state index in [0.29, 0.717) is 17.4 Å². The molecule has 0 spiro atoms. The summed E-state index contributed by atoms with van der Waals surface area (Å²) in [7, 11) is 0. The Morgan fingerprint density at radius 1 is 1.27 bits per heavy atom. The third kappa shape index (κ3) is 2.78. The number of hydrogen-bond donors (Lipinski definition) is 1. The molecule has 3 rings (SSSR count). The lowest BCUT2D eigenvalue weighted by Gasteiger charge is -2.13. The first-order valence-corrected chi connectivity index (χ1v) is 7.50. The second-order valence-corrected chi connectivity index (χ2v) is 5.32. The maximum absolute atomic E-state index is 12.5. The van der Waals surface area contributed by atoms with E-state index in [0.717, 1.165) is 17.8 Å². The predicted octanol–water partition coefficient (Wildman–Crippen LogP) is 2.16. The number of nitrogens with zero attached hydrogens (tertiary/aromatic N) is 3. The predicted molar refractivity (Wildman–Crippen MR) is 88.6 cm³/mol. The van der Waals surface area contributed by atoms with Gasteiger partial charge in [-0.2, -0.15) is 5.10 Å². The lowest BCUT2D eigenvalue weighted by molar-refractivity contribution is -0.122. The number of thiocarbonyl (C=S) groups is 1. The zero-order valence-electron chi connectivity index (χ0n) is 12.2. The molecule has 22 heavy (non-hydrogen) atoms. The summed E-state index contributed by atoms with van der Waals surface area (Å²) in [5, 5.41) is 7.62. The smallest absolute Gasteiger partial charge is 0.276 e. The molecule has 0 bridgehead atoms. The Hall–Kier alpha value is -2.47. The molecule has 0 unspecified atom stereocenters. The number of rotatable bonds is 4. The molecule has 1 aromatic heterocycles. The second-order valence-electron chi connectivity index (χ2n) is 4.94. The average molecular weight is 312 g/mol. The summed E-state index contributed by atoms with van der Waals surface area (Å²) in [6.45, 7) is 3.22. The average Bonchev–Trinajstić information content (AvgIpc) is 3.08. The number of amides is 1. The molecule has 1 aliphatic heterocycles. The van der Waals surface area contributed by atoms with Crippen LogP contribution in [0.4, 0.5) is 0 Å². The molecule has 5 nitrogen and oxygen atoms in total. The van der Waals surface area contributed by atoms with Gasteiger partial charge in [0.25, 0.3) is 5.91 Å². The van der Waals surface area contributed by atoms with Gasteiger partial charge in [0, 0.05) is 12.7 Å². The van der Waals surface area contributed by atoms with Crippen LogP contribution in [0.25, 0.3) is 6.08 Å². The molecule has 1 amide bonds. The van der Waals surface area contributed by atoms with Gasteiger partial charge in [-0.1, -0.05) is 30.3 Å². The van der Waals surface area contributed by atoms with Crippen LogP contribution in [0.1, 0.15) is 18.2 Å². The first-order valence-electron chi connectivity index (χ1n) is 7.09. The van der Waals surface area contributed by atoms with Gasteiger partial charge in [-0.15, -0.1) is 0 Å². The molecule has 0 saturated carbocycles. The Morgan fingerprint density at radius 2 is 2.05 bits per heavy atom. The van der Waals surface area contributed by atoms with Crippen LogP contribution in [0, 0.1) is 0 Å². The molecular weight excluding hydrogens is 296 g/mol. The van der Waals surface area contributed by atoms with E-state index in [1.807, 2.05) is 48.0 Å². The standard InChI is InChI=1S/C16H16N4OS/c1-2-20-13(8-9-17-20)10-14-15(21)19(16(22)18-14)11-12-6-4-3-5-7-12/h3-10H,2,11H2,1H3,(H,18,22)/b14-10-. The zero-order chi connectivity index (χ0) is 15.5. The highest BCUT2D eigenvalue weighted by atomic mass is 32.1. The third-order valence-corrected chi connectivity index (χ3v) is 3.81. The minimum atomic E-state index is -0.113. The molecular formula is C16H16N4OS. The number of benzene rings is 1. The van der Waals surface area contributed by atoms with E-state index in [2.05, 4.69) is 10.4 Å². The van der Waals surface area contributed by atoms with Gasteiger partial charge in [-0.05, 0) is 36.8 Å². The SMILES string of the molecule is CCn1nccc1/C=C1\NC(=S)N(Cc2ccccc2)C1=O. The summed E-state index contributed by atoms with van der Waals surface area (Å²) in [5.41, 5.74) is 2.40. The van der Waals surface area contributed by atoms with Gasteiger partial charge in [-0.25, -0.2) is 0 Å². The summed E-state index contributed by atoms with van der Waals surface area (Å²) in [4.78, 5) is 14.1. The highest BCUT2D eigenvalue weighted by Crippen LogP contribution is 2.17. The van der Waals surface area contributed by atoms with Gasteiger partial charge in [0.15, 0.2) is 5.11 Å². The van der Waals surface area contributed by atoms with Crippen LogP contribution in [-0.2, 0) is 17.9 Å². The quantitative estimate of drug-likeness (QED) is 0.694. The summed E-state index contributed by atoms with van der Waals surface area (Å²) in [6, 6.07) is 11.7. The minimum Gasteiger partial charge on any atom is -0.328 e. The van der Waals surface area contributed by atoms with Gasteiger partial charge in [0.1, 0.15) is 5.70 Å². The van der Waals surface area contributed by atoms with E-state index in [-0.39, 0.29) is 5.91 Å². The van der Waals surface area contributed by atoms with Crippen LogP contribution in [0.5, 0.6) is 0 Å². The second kappa shape index (κ2) is 6.11. The molecule has 0 radical (unpaired) electrons. The maximum Gasteiger partial charge on any atom is 0.276 e. The van der Waals surface area contributed by atoms with Gasteiger partial charge in [-0.3, -0.25) is 14.4 Å². The fourth-order valence-corrected chi connectivity index (χ4v) is 2.62. The topological polar surface area (TPSA) is 50.2 Å². The first-order chi connectivity index (χ1) is 10.7. The van der Waals surface area contributed by atoms with Crippen LogP contribution in [0.3, 0.4) is 0 Å². The lowest BCUT2D eigenvalue weighted by atomic mass is 10.2. The van der Waals surface area contributed by atoms with Crippen molar-refractivity contribution in [3.63, 3.8) is 0 Å². The molecule has 1 aliphatic rings. The Labute approximate surface area is 134 Å². The summed E-state index contributed by atoms with van der Waals surface area (Å²) in [6.07, 6.45) is 3.51. The Balaban J connectivity index is 1.82.